The molecule has 31 heavy (non-hydrogen) atoms. The van der Waals surface area contributed by atoms with Crippen molar-refractivity contribution in [1.29, 1.82) is 0 Å². The summed E-state index contributed by atoms with van der Waals surface area (Å²) in [5.74, 6) is -0.466. The highest BCUT2D eigenvalue weighted by atomic mass is 35.5. The molecule has 2 amide bonds. The van der Waals surface area contributed by atoms with Gasteiger partial charge in [-0.05, 0) is 61.2 Å². The Balaban J connectivity index is 1.68. The summed E-state index contributed by atoms with van der Waals surface area (Å²) in [4.78, 5) is 29.6. The number of hydrogen-bond acceptors (Lipinski definition) is 3. The van der Waals surface area contributed by atoms with E-state index in [0.29, 0.717) is 28.5 Å². The maximum absolute atomic E-state index is 13.4. The predicted molar refractivity (Wildman–Crippen MR) is 127 cm³/mol. The molecule has 0 unspecified atom stereocenters. The zero-order valence-electron chi connectivity index (χ0n) is 17.4. The second-order valence-electron chi connectivity index (χ2n) is 7.58. The van der Waals surface area contributed by atoms with Crippen molar-refractivity contribution in [2.45, 2.75) is 25.2 Å². The molecule has 0 atom stereocenters. The van der Waals surface area contributed by atoms with Crippen LogP contribution in [0, 0.1) is 13.8 Å². The van der Waals surface area contributed by atoms with Gasteiger partial charge in [0.2, 0.25) is 0 Å². The van der Waals surface area contributed by atoms with Crippen molar-refractivity contribution in [3.8, 4) is 0 Å². The number of rotatable bonds is 6. The highest BCUT2D eigenvalue weighted by Gasteiger charge is 2.39. The number of amides is 2. The zero-order chi connectivity index (χ0) is 22.0. The van der Waals surface area contributed by atoms with Crippen LogP contribution in [0.1, 0.15) is 22.3 Å². The van der Waals surface area contributed by atoms with Crippen LogP contribution in [-0.4, -0.2) is 23.3 Å². The summed E-state index contributed by atoms with van der Waals surface area (Å²) in [7, 11) is 0. The fourth-order valence-corrected chi connectivity index (χ4v) is 4.83. The van der Waals surface area contributed by atoms with E-state index in [0.717, 1.165) is 27.1 Å². The SMILES string of the molecule is Cc1ccc(C2=C(Sc3ccccc3)C(=O)N(CCc3ccc(Cl)cc3)C2=O)c(C)c1. The van der Waals surface area contributed by atoms with Gasteiger partial charge in [0.1, 0.15) is 0 Å². The minimum absolute atomic E-state index is 0.232. The van der Waals surface area contributed by atoms with Crippen molar-refractivity contribution >= 4 is 40.8 Å². The Labute approximate surface area is 191 Å². The quantitative estimate of drug-likeness (QED) is 0.430. The summed E-state index contributed by atoms with van der Waals surface area (Å²) >= 11 is 7.32. The molecule has 5 heteroatoms. The topological polar surface area (TPSA) is 37.4 Å². The average molecular weight is 448 g/mol. The van der Waals surface area contributed by atoms with Crippen LogP contribution in [0.5, 0.6) is 0 Å². The molecule has 0 saturated carbocycles. The molecule has 4 rings (SSSR count). The van der Waals surface area contributed by atoms with Gasteiger partial charge in [-0.2, -0.15) is 0 Å². The van der Waals surface area contributed by atoms with Crippen LogP contribution < -0.4 is 0 Å². The second kappa shape index (κ2) is 9.13. The van der Waals surface area contributed by atoms with E-state index in [1.807, 2.05) is 86.6 Å². The molecule has 0 fully saturated rings. The number of benzene rings is 3. The van der Waals surface area contributed by atoms with Gasteiger partial charge in [-0.15, -0.1) is 0 Å². The normalized spacial score (nSPS) is 14.0. The Morgan fingerprint density at radius 1 is 0.871 bits per heavy atom. The van der Waals surface area contributed by atoms with Crippen LogP contribution in [0.3, 0.4) is 0 Å². The van der Waals surface area contributed by atoms with E-state index in [1.165, 1.54) is 16.7 Å². The summed E-state index contributed by atoms with van der Waals surface area (Å²) in [6.07, 6.45) is 0.581. The van der Waals surface area contributed by atoms with Crippen LogP contribution in [0.4, 0.5) is 0 Å². The number of carbonyl (C=O) groups excluding carboxylic acids is 2. The fourth-order valence-electron chi connectivity index (χ4n) is 3.68. The molecular formula is C26H22ClNO2S. The molecule has 3 nitrogen and oxygen atoms in total. The van der Waals surface area contributed by atoms with Gasteiger partial charge in [-0.25, -0.2) is 0 Å². The van der Waals surface area contributed by atoms with Gasteiger partial charge < -0.3 is 0 Å². The molecule has 1 heterocycles. The molecule has 0 aromatic heterocycles. The second-order valence-corrected chi connectivity index (χ2v) is 9.10. The van der Waals surface area contributed by atoms with Crippen LogP contribution in [-0.2, 0) is 16.0 Å². The first-order valence-electron chi connectivity index (χ1n) is 10.1. The lowest BCUT2D eigenvalue weighted by Gasteiger charge is -2.15. The van der Waals surface area contributed by atoms with Crippen LogP contribution >= 0.6 is 23.4 Å². The number of aryl methyl sites for hydroxylation is 2. The van der Waals surface area contributed by atoms with Gasteiger partial charge >= 0.3 is 0 Å². The van der Waals surface area contributed by atoms with Crippen molar-refractivity contribution in [3.05, 3.63) is 105 Å². The maximum Gasteiger partial charge on any atom is 0.268 e. The largest absolute Gasteiger partial charge is 0.274 e. The van der Waals surface area contributed by atoms with Crippen molar-refractivity contribution in [2.75, 3.05) is 6.54 Å². The first-order chi connectivity index (χ1) is 14.9. The number of hydrogen-bond donors (Lipinski definition) is 0. The Morgan fingerprint density at radius 3 is 2.26 bits per heavy atom. The van der Waals surface area contributed by atoms with E-state index in [4.69, 9.17) is 11.6 Å². The zero-order valence-corrected chi connectivity index (χ0v) is 19.0. The highest BCUT2D eigenvalue weighted by Crippen LogP contribution is 2.40. The Bertz CT molecular complexity index is 1170. The van der Waals surface area contributed by atoms with Crippen molar-refractivity contribution < 1.29 is 9.59 Å². The summed E-state index contributed by atoms with van der Waals surface area (Å²) in [6, 6.07) is 23.1. The molecule has 3 aromatic rings. The summed E-state index contributed by atoms with van der Waals surface area (Å²) in [6.45, 7) is 4.33. The summed E-state index contributed by atoms with van der Waals surface area (Å²) in [5, 5.41) is 0.664. The van der Waals surface area contributed by atoms with E-state index >= 15 is 0 Å². The molecule has 0 radical (unpaired) electrons. The van der Waals surface area contributed by atoms with Crippen LogP contribution in [0.15, 0.2) is 82.6 Å². The lowest BCUT2D eigenvalue weighted by molar-refractivity contribution is -0.136. The van der Waals surface area contributed by atoms with E-state index in [1.54, 1.807) is 0 Å². The Kier molecular flexibility index (Phi) is 6.30. The smallest absolute Gasteiger partial charge is 0.268 e. The third-order valence-electron chi connectivity index (χ3n) is 5.28. The number of nitrogens with zero attached hydrogens (tertiary/aromatic N) is 1. The highest BCUT2D eigenvalue weighted by molar-refractivity contribution is 8.04. The molecule has 156 valence electrons. The number of carbonyl (C=O) groups is 2. The van der Waals surface area contributed by atoms with Crippen molar-refractivity contribution in [2.24, 2.45) is 0 Å². The van der Waals surface area contributed by atoms with Gasteiger partial charge in [-0.3, -0.25) is 14.5 Å². The van der Waals surface area contributed by atoms with E-state index < -0.39 is 0 Å². The van der Waals surface area contributed by atoms with Crippen LogP contribution in [0.2, 0.25) is 5.02 Å². The number of thioether (sulfide) groups is 1. The van der Waals surface area contributed by atoms with Gasteiger partial charge in [0, 0.05) is 16.5 Å². The van der Waals surface area contributed by atoms with Gasteiger partial charge in [-0.1, -0.05) is 77.5 Å². The van der Waals surface area contributed by atoms with Crippen molar-refractivity contribution in [1.82, 2.24) is 4.90 Å². The number of imide groups is 1. The maximum atomic E-state index is 13.4. The van der Waals surface area contributed by atoms with Crippen molar-refractivity contribution in [3.63, 3.8) is 0 Å². The first kappa shape index (κ1) is 21.4. The molecule has 0 N–H and O–H groups in total. The fraction of sp³-hybridized carbons (Fsp3) is 0.154. The molecule has 3 aromatic carbocycles. The summed E-state index contributed by atoms with van der Waals surface area (Å²) < 4.78 is 0. The van der Waals surface area contributed by atoms with E-state index in [-0.39, 0.29) is 11.8 Å². The Morgan fingerprint density at radius 2 is 1.58 bits per heavy atom. The minimum Gasteiger partial charge on any atom is -0.274 e. The standard InChI is InChI=1S/C26H22ClNO2S/c1-17-8-13-22(18(2)16-17)23-24(31-21-6-4-3-5-7-21)26(30)28(25(23)29)15-14-19-9-11-20(27)12-10-19/h3-13,16H,14-15H2,1-2H3. The minimum atomic E-state index is -0.234. The average Bonchev–Trinajstić information content (AvgIpc) is 2.98. The number of halogens is 1. The lowest BCUT2D eigenvalue weighted by Crippen LogP contribution is -2.33. The summed E-state index contributed by atoms with van der Waals surface area (Å²) in [5.41, 5.74) is 4.45. The predicted octanol–water partition coefficient (Wildman–Crippen LogP) is 6.07. The third-order valence-corrected chi connectivity index (χ3v) is 6.62. The molecule has 0 bridgehead atoms. The monoisotopic (exact) mass is 447 g/mol. The molecule has 0 saturated heterocycles. The van der Waals surface area contributed by atoms with E-state index in [2.05, 4.69) is 0 Å². The third kappa shape index (κ3) is 4.60. The Hall–Kier alpha value is -2.82. The van der Waals surface area contributed by atoms with Gasteiger partial charge in [0.05, 0.1) is 10.5 Å². The molecule has 1 aliphatic heterocycles. The molecule has 0 spiro atoms. The molecule has 0 aliphatic carbocycles. The molecular weight excluding hydrogens is 426 g/mol. The van der Waals surface area contributed by atoms with Crippen LogP contribution in [0.25, 0.3) is 5.57 Å². The van der Waals surface area contributed by atoms with Gasteiger partial charge in [0.25, 0.3) is 11.8 Å². The van der Waals surface area contributed by atoms with Gasteiger partial charge in [0.15, 0.2) is 0 Å². The molecule has 1 aliphatic rings. The van der Waals surface area contributed by atoms with E-state index in [9.17, 15) is 9.59 Å². The lowest BCUT2D eigenvalue weighted by atomic mass is 9.99. The first-order valence-corrected chi connectivity index (χ1v) is 11.3.